The van der Waals surface area contributed by atoms with Crippen LogP contribution in [0.15, 0.2) is 152 Å². The topological polar surface area (TPSA) is 136 Å². The van der Waals surface area contributed by atoms with Crippen LogP contribution in [-0.4, -0.2) is 65.0 Å². The highest BCUT2D eigenvalue weighted by molar-refractivity contribution is 6.44. The van der Waals surface area contributed by atoms with Gasteiger partial charge in [0.2, 0.25) is 0 Å². The molecule has 0 bridgehead atoms. The molecular formula is C43H42N10. The molecule has 0 saturated heterocycles. The summed E-state index contributed by atoms with van der Waals surface area (Å²) in [7, 11) is 0. The van der Waals surface area contributed by atoms with Gasteiger partial charge in [0, 0.05) is 24.0 Å². The molecule has 6 rings (SSSR count). The maximum Gasteiger partial charge on any atom is 0.179 e. The standard InChI is InChI=1S/C43H42N10/c1-6-7-14-35(44)39(52-40(45-4)36-15-8-11-22-47-36)50-27-29-18-20-31-32-21-19-30(26-34(32)43(2,3)33(31)25-29)28-51-42(38-17-10-13-24-49-38)53-41(46-5)37-16-9-12-23-48-37/h6-14,16-26,36,40,44H,1,4-5,15,27-28H2,2-3H3,(H,50,52)/b14-7-,44-35?,51-42?,53-41?. The molecule has 0 radical (unpaired) electrons. The molecule has 3 heterocycles. The highest BCUT2D eigenvalue weighted by atomic mass is 15.2. The van der Waals surface area contributed by atoms with E-state index in [0.717, 1.165) is 17.5 Å². The van der Waals surface area contributed by atoms with Gasteiger partial charge in [0.15, 0.2) is 11.7 Å². The molecule has 2 aliphatic rings. The van der Waals surface area contributed by atoms with Crippen LogP contribution in [0.1, 0.15) is 53.9 Å². The van der Waals surface area contributed by atoms with E-state index in [-0.39, 0.29) is 17.2 Å². The van der Waals surface area contributed by atoms with Crippen molar-refractivity contribution >= 4 is 42.9 Å². The van der Waals surface area contributed by atoms with E-state index in [0.29, 0.717) is 42.0 Å². The third-order valence-corrected chi connectivity index (χ3v) is 9.16. The van der Waals surface area contributed by atoms with Crippen LogP contribution in [0, 0.1) is 5.41 Å². The van der Waals surface area contributed by atoms with Crippen LogP contribution in [0.4, 0.5) is 0 Å². The number of aromatic nitrogens is 2. The normalized spacial score (nSPS) is 16.9. The molecular weight excluding hydrogens is 657 g/mol. The molecule has 2 N–H and O–H groups in total. The first kappa shape index (κ1) is 36.2. The molecule has 4 aromatic rings. The number of dihydropyridines is 1. The van der Waals surface area contributed by atoms with E-state index in [2.05, 4.69) is 101 Å². The maximum atomic E-state index is 8.71. The van der Waals surface area contributed by atoms with Gasteiger partial charge in [0.05, 0.1) is 24.8 Å². The zero-order valence-electron chi connectivity index (χ0n) is 30.0. The number of amidine groups is 3. The summed E-state index contributed by atoms with van der Waals surface area (Å²) in [5.74, 6) is 1.25. The molecule has 2 unspecified atom stereocenters. The lowest BCUT2D eigenvalue weighted by Crippen LogP contribution is -2.44. The number of allylic oxidation sites excluding steroid dienone is 3. The van der Waals surface area contributed by atoms with Crippen LogP contribution in [0.2, 0.25) is 0 Å². The highest BCUT2D eigenvalue weighted by Gasteiger charge is 2.35. The predicted molar refractivity (Wildman–Crippen MR) is 220 cm³/mol. The molecule has 1 aliphatic carbocycles. The van der Waals surface area contributed by atoms with Gasteiger partial charge in [0.25, 0.3) is 0 Å². The number of pyridine rings is 2. The highest BCUT2D eigenvalue weighted by Crippen LogP contribution is 2.49. The molecule has 0 spiro atoms. The number of hydrogen-bond acceptors (Lipinski definition) is 7. The van der Waals surface area contributed by atoms with Crippen LogP contribution in [0.3, 0.4) is 0 Å². The third-order valence-electron chi connectivity index (χ3n) is 9.16. The minimum Gasteiger partial charge on any atom is -0.345 e. The second-order valence-electron chi connectivity index (χ2n) is 13.0. The van der Waals surface area contributed by atoms with Crippen LogP contribution in [-0.2, 0) is 18.5 Å². The Labute approximate surface area is 310 Å². The summed E-state index contributed by atoms with van der Waals surface area (Å²) in [6, 6.07) is 24.1. The average molecular weight is 699 g/mol. The van der Waals surface area contributed by atoms with Crippen molar-refractivity contribution in [3.8, 4) is 11.1 Å². The SMILES string of the molecule is C=C/C=C\C(=N)C(=NCc1ccc2c(c1)C(C)(C)c1cc(CN=C(N=C(N=C)c3ccccn3)c3ccccn3)ccc1-2)NC(N=C)C1CC=CC=N1. The lowest BCUT2D eigenvalue weighted by Gasteiger charge is -2.23. The molecule has 0 amide bonds. The number of nitrogens with zero attached hydrogens (tertiary/aromatic N) is 8. The van der Waals surface area contributed by atoms with Crippen molar-refractivity contribution in [1.82, 2.24) is 15.3 Å². The largest absolute Gasteiger partial charge is 0.345 e. The quantitative estimate of drug-likeness (QED) is 0.0898. The fourth-order valence-corrected chi connectivity index (χ4v) is 6.37. The summed E-state index contributed by atoms with van der Waals surface area (Å²) in [6.07, 6.45) is 14.5. The van der Waals surface area contributed by atoms with Gasteiger partial charge in [0.1, 0.15) is 23.4 Å². The number of rotatable bonds is 12. The summed E-state index contributed by atoms with van der Waals surface area (Å²) in [5.41, 5.74) is 8.13. The molecule has 10 nitrogen and oxygen atoms in total. The Morgan fingerprint density at radius 3 is 2.09 bits per heavy atom. The van der Waals surface area contributed by atoms with Crippen molar-refractivity contribution < 1.29 is 0 Å². The summed E-state index contributed by atoms with van der Waals surface area (Å²) in [6.45, 7) is 16.5. The Morgan fingerprint density at radius 2 is 1.55 bits per heavy atom. The number of fused-ring (bicyclic) bond motifs is 3. The summed E-state index contributed by atoms with van der Waals surface area (Å²) < 4.78 is 0. The second-order valence-corrected chi connectivity index (χ2v) is 13.0. The maximum absolute atomic E-state index is 8.71. The van der Waals surface area contributed by atoms with Crippen LogP contribution >= 0.6 is 0 Å². The van der Waals surface area contributed by atoms with Gasteiger partial charge in [-0.05, 0) is 89.7 Å². The van der Waals surface area contributed by atoms with E-state index in [1.54, 1.807) is 36.8 Å². The van der Waals surface area contributed by atoms with Crippen molar-refractivity contribution in [2.75, 3.05) is 0 Å². The Morgan fingerprint density at radius 1 is 0.906 bits per heavy atom. The Hall–Kier alpha value is -6.55. The van der Waals surface area contributed by atoms with Crippen molar-refractivity contribution in [3.63, 3.8) is 0 Å². The Balaban J connectivity index is 1.26. The smallest absolute Gasteiger partial charge is 0.179 e. The van der Waals surface area contributed by atoms with E-state index >= 15 is 0 Å². The summed E-state index contributed by atoms with van der Waals surface area (Å²) >= 11 is 0. The number of benzene rings is 2. The summed E-state index contributed by atoms with van der Waals surface area (Å²) in [4.78, 5) is 36.4. The fourth-order valence-electron chi connectivity index (χ4n) is 6.37. The monoisotopic (exact) mass is 698 g/mol. The van der Waals surface area contributed by atoms with Crippen molar-refractivity contribution in [2.24, 2.45) is 30.0 Å². The van der Waals surface area contributed by atoms with Gasteiger partial charge in [-0.25, -0.2) is 9.98 Å². The minimum absolute atomic E-state index is 0.128. The molecule has 2 aromatic carbocycles. The molecule has 10 heteroatoms. The second kappa shape index (κ2) is 16.6. The first-order valence-corrected chi connectivity index (χ1v) is 17.4. The Bertz CT molecular complexity index is 2190. The lowest BCUT2D eigenvalue weighted by atomic mass is 9.81. The third kappa shape index (κ3) is 8.34. The Kier molecular flexibility index (Phi) is 11.4. The van der Waals surface area contributed by atoms with E-state index in [4.69, 9.17) is 20.4 Å². The minimum atomic E-state index is -0.423. The van der Waals surface area contributed by atoms with Crippen molar-refractivity contribution in [3.05, 3.63) is 156 Å². The van der Waals surface area contributed by atoms with Gasteiger partial charge < -0.3 is 5.32 Å². The number of aliphatic imine (C=N–C) groups is 6. The molecule has 0 fully saturated rings. The average Bonchev–Trinajstić information content (AvgIpc) is 3.42. The summed E-state index contributed by atoms with van der Waals surface area (Å²) in [5, 5.41) is 12.0. The lowest BCUT2D eigenvalue weighted by molar-refractivity contribution is 0.510. The number of nitrogens with one attached hydrogen (secondary N) is 2. The van der Waals surface area contributed by atoms with Crippen LogP contribution in [0.5, 0.6) is 0 Å². The fraction of sp³-hybridized carbons (Fsp3) is 0.186. The van der Waals surface area contributed by atoms with Gasteiger partial charge in [-0.3, -0.25) is 35.3 Å². The number of hydrogen-bond donors (Lipinski definition) is 2. The van der Waals surface area contributed by atoms with Crippen LogP contribution in [0.25, 0.3) is 11.1 Å². The molecule has 1 aliphatic heterocycles. The zero-order valence-corrected chi connectivity index (χ0v) is 30.0. The first-order chi connectivity index (χ1) is 25.8. The molecule has 53 heavy (non-hydrogen) atoms. The van der Waals surface area contributed by atoms with E-state index < -0.39 is 6.17 Å². The van der Waals surface area contributed by atoms with Gasteiger partial charge in [-0.2, -0.15) is 0 Å². The first-order valence-electron chi connectivity index (χ1n) is 17.4. The predicted octanol–water partition coefficient (Wildman–Crippen LogP) is 7.55. The van der Waals surface area contributed by atoms with Crippen LogP contribution < -0.4 is 5.32 Å². The van der Waals surface area contributed by atoms with Crippen molar-refractivity contribution in [1.29, 1.82) is 5.41 Å². The molecule has 264 valence electrons. The van der Waals surface area contributed by atoms with Gasteiger partial charge in [-0.1, -0.05) is 87.2 Å². The molecule has 2 atom stereocenters. The van der Waals surface area contributed by atoms with Gasteiger partial charge >= 0.3 is 0 Å². The van der Waals surface area contributed by atoms with Gasteiger partial charge in [-0.15, -0.1) is 0 Å². The van der Waals surface area contributed by atoms with E-state index in [9.17, 15) is 0 Å². The molecule has 0 saturated carbocycles. The molecule has 2 aromatic heterocycles. The van der Waals surface area contributed by atoms with E-state index in [1.165, 1.54) is 22.3 Å². The van der Waals surface area contributed by atoms with Crippen molar-refractivity contribution in [2.45, 2.75) is 51.0 Å². The zero-order chi connectivity index (χ0) is 37.2. The van der Waals surface area contributed by atoms with E-state index in [1.807, 2.05) is 48.6 Å².